The van der Waals surface area contributed by atoms with Gasteiger partial charge in [-0.3, -0.25) is 9.69 Å². The second-order valence-corrected chi connectivity index (χ2v) is 6.91. The van der Waals surface area contributed by atoms with E-state index < -0.39 is 5.97 Å². The summed E-state index contributed by atoms with van der Waals surface area (Å²) in [5, 5.41) is 9.59. The summed E-state index contributed by atoms with van der Waals surface area (Å²) < 4.78 is 1.15. The van der Waals surface area contributed by atoms with Crippen LogP contribution in [0.25, 0.3) is 0 Å². The van der Waals surface area contributed by atoms with Gasteiger partial charge < -0.3 is 5.11 Å². The Bertz CT molecular complexity index is 659. The van der Waals surface area contributed by atoms with E-state index in [1.165, 1.54) is 5.56 Å². The van der Waals surface area contributed by atoms with Crippen molar-refractivity contribution in [2.75, 3.05) is 13.1 Å². The average molecular weight is 407 g/mol. The molecule has 2 unspecified atom stereocenters. The molecule has 114 valence electrons. The number of aliphatic carboxylic acids is 1. The van der Waals surface area contributed by atoms with Gasteiger partial charge in [0.05, 0.1) is 5.92 Å². The lowest BCUT2D eigenvalue weighted by molar-refractivity contribution is -0.141. The molecule has 0 spiro atoms. The third kappa shape index (κ3) is 3.33. The quantitative estimate of drug-likeness (QED) is 0.788. The summed E-state index contributed by atoms with van der Waals surface area (Å²) in [5.74, 6) is -0.964. The molecular formula is C18H18INO2. The van der Waals surface area contributed by atoms with Crippen molar-refractivity contribution in [3.05, 3.63) is 69.3 Å². The summed E-state index contributed by atoms with van der Waals surface area (Å²) in [6.45, 7) is 2.22. The molecule has 0 bridgehead atoms. The molecule has 2 atom stereocenters. The summed E-state index contributed by atoms with van der Waals surface area (Å²) in [4.78, 5) is 13.9. The summed E-state index contributed by atoms with van der Waals surface area (Å²) in [6.07, 6.45) is 0. The van der Waals surface area contributed by atoms with Gasteiger partial charge in [-0.2, -0.15) is 0 Å². The molecule has 3 rings (SSSR count). The molecule has 0 aromatic heterocycles. The summed E-state index contributed by atoms with van der Waals surface area (Å²) in [5.41, 5.74) is 2.39. The molecule has 4 heteroatoms. The molecule has 2 aromatic carbocycles. The minimum Gasteiger partial charge on any atom is -0.481 e. The Morgan fingerprint density at radius 2 is 1.77 bits per heavy atom. The maximum absolute atomic E-state index is 11.7. The number of rotatable bonds is 4. The van der Waals surface area contributed by atoms with E-state index in [2.05, 4.69) is 51.8 Å². The van der Waals surface area contributed by atoms with Crippen LogP contribution in [0.4, 0.5) is 0 Å². The highest BCUT2D eigenvalue weighted by Crippen LogP contribution is 2.35. The fraction of sp³-hybridized carbons (Fsp3) is 0.278. The first kappa shape index (κ1) is 15.5. The van der Waals surface area contributed by atoms with Crippen LogP contribution in [0.1, 0.15) is 17.0 Å². The maximum Gasteiger partial charge on any atom is 0.308 e. The van der Waals surface area contributed by atoms with E-state index in [0.717, 1.165) is 22.2 Å². The normalized spacial score (nSPS) is 21.9. The second-order valence-electron chi connectivity index (χ2n) is 5.75. The first-order valence-electron chi connectivity index (χ1n) is 7.38. The van der Waals surface area contributed by atoms with E-state index in [9.17, 15) is 9.90 Å². The Kier molecular flexibility index (Phi) is 4.78. The Morgan fingerprint density at radius 3 is 2.45 bits per heavy atom. The topological polar surface area (TPSA) is 40.5 Å². The fourth-order valence-corrected chi connectivity index (χ4v) is 3.98. The molecule has 2 aromatic rings. The number of carboxylic acid groups (broad SMARTS) is 1. The molecule has 1 heterocycles. The van der Waals surface area contributed by atoms with Gasteiger partial charge >= 0.3 is 5.97 Å². The van der Waals surface area contributed by atoms with E-state index in [-0.39, 0.29) is 11.8 Å². The predicted molar refractivity (Wildman–Crippen MR) is 94.7 cm³/mol. The lowest BCUT2D eigenvalue weighted by Crippen LogP contribution is -2.23. The zero-order chi connectivity index (χ0) is 15.5. The molecule has 1 fully saturated rings. The van der Waals surface area contributed by atoms with Crippen molar-refractivity contribution >= 4 is 28.6 Å². The number of nitrogens with zero attached hydrogens (tertiary/aromatic N) is 1. The summed E-state index contributed by atoms with van der Waals surface area (Å²) in [6, 6.07) is 18.3. The van der Waals surface area contributed by atoms with Crippen LogP contribution in [-0.2, 0) is 11.3 Å². The van der Waals surface area contributed by atoms with Crippen molar-refractivity contribution in [3.8, 4) is 0 Å². The van der Waals surface area contributed by atoms with E-state index in [0.29, 0.717) is 6.54 Å². The van der Waals surface area contributed by atoms with E-state index >= 15 is 0 Å². The minimum absolute atomic E-state index is 0.0642. The molecule has 0 radical (unpaired) electrons. The van der Waals surface area contributed by atoms with E-state index in [1.54, 1.807) is 0 Å². The predicted octanol–water partition coefficient (Wildman–Crippen LogP) is 3.59. The van der Waals surface area contributed by atoms with Crippen LogP contribution in [-0.4, -0.2) is 29.1 Å². The van der Waals surface area contributed by atoms with Crippen LogP contribution in [0.5, 0.6) is 0 Å². The number of benzene rings is 2. The van der Waals surface area contributed by atoms with Gasteiger partial charge in [-0.25, -0.2) is 0 Å². The number of hydrogen-bond acceptors (Lipinski definition) is 2. The number of carboxylic acids is 1. The minimum atomic E-state index is -0.694. The van der Waals surface area contributed by atoms with Crippen molar-refractivity contribution in [2.24, 2.45) is 5.92 Å². The number of halogens is 1. The van der Waals surface area contributed by atoms with Crippen LogP contribution < -0.4 is 0 Å². The molecule has 0 amide bonds. The number of likely N-dealkylation sites (tertiary alicyclic amines) is 1. The van der Waals surface area contributed by atoms with Gasteiger partial charge in [-0.05, 0) is 39.8 Å². The van der Waals surface area contributed by atoms with Crippen LogP contribution in [0.2, 0.25) is 0 Å². The Morgan fingerprint density at radius 1 is 1.09 bits per heavy atom. The van der Waals surface area contributed by atoms with Crippen LogP contribution >= 0.6 is 22.6 Å². The average Bonchev–Trinajstić information content (AvgIpc) is 2.92. The van der Waals surface area contributed by atoms with Crippen molar-refractivity contribution in [1.29, 1.82) is 0 Å². The van der Waals surface area contributed by atoms with Gasteiger partial charge in [0.2, 0.25) is 0 Å². The third-order valence-electron chi connectivity index (χ3n) is 4.27. The van der Waals surface area contributed by atoms with Gasteiger partial charge in [0.1, 0.15) is 0 Å². The van der Waals surface area contributed by atoms with Crippen LogP contribution in [0, 0.1) is 9.49 Å². The fourth-order valence-electron chi connectivity index (χ4n) is 3.20. The lowest BCUT2D eigenvalue weighted by Gasteiger charge is -2.17. The Hall–Kier alpha value is -1.40. The highest BCUT2D eigenvalue weighted by Gasteiger charge is 2.39. The standard InChI is InChI=1S/C18H18INO2/c19-17-9-5-4-8-14(17)15-11-20(12-16(15)18(21)22)10-13-6-2-1-3-7-13/h1-9,15-16H,10-12H2,(H,21,22). The van der Waals surface area contributed by atoms with Gasteiger partial charge in [0, 0.05) is 29.1 Å². The van der Waals surface area contributed by atoms with Crippen LogP contribution in [0.15, 0.2) is 54.6 Å². The zero-order valence-electron chi connectivity index (χ0n) is 12.2. The highest BCUT2D eigenvalue weighted by molar-refractivity contribution is 14.1. The number of carbonyl (C=O) groups is 1. The van der Waals surface area contributed by atoms with Crippen molar-refractivity contribution in [2.45, 2.75) is 12.5 Å². The van der Waals surface area contributed by atoms with Crippen molar-refractivity contribution in [1.82, 2.24) is 4.90 Å². The molecule has 22 heavy (non-hydrogen) atoms. The van der Waals surface area contributed by atoms with Gasteiger partial charge in [0.25, 0.3) is 0 Å². The molecule has 1 saturated heterocycles. The monoisotopic (exact) mass is 407 g/mol. The third-order valence-corrected chi connectivity index (χ3v) is 5.25. The van der Waals surface area contributed by atoms with Gasteiger partial charge in [0.15, 0.2) is 0 Å². The molecule has 1 N–H and O–H groups in total. The largest absolute Gasteiger partial charge is 0.481 e. The first-order chi connectivity index (χ1) is 10.6. The van der Waals surface area contributed by atoms with Crippen molar-refractivity contribution in [3.63, 3.8) is 0 Å². The van der Waals surface area contributed by atoms with Gasteiger partial charge in [-0.15, -0.1) is 0 Å². The molecule has 1 aliphatic heterocycles. The van der Waals surface area contributed by atoms with E-state index in [1.807, 2.05) is 30.3 Å². The summed E-state index contributed by atoms with van der Waals surface area (Å²) >= 11 is 2.30. The molecular weight excluding hydrogens is 389 g/mol. The van der Waals surface area contributed by atoms with E-state index in [4.69, 9.17) is 0 Å². The maximum atomic E-state index is 11.7. The molecule has 0 saturated carbocycles. The number of hydrogen-bond donors (Lipinski definition) is 1. The first-order valence-corrected chi connectivity index (χ1v) is 8.46. The SMILES string of the molecule is O=C(O)C1CN(Cc2ccccc2)CC1c1ccccc1I. The van der Waals surface area contributed by atoms with Crippen molar-refractivity contribution < 1.29 is 9.90 Å². The Balaban J connectivity index is 1.81. The lowest BCUT2D eigenvalue weighted by atomic mass is 9.89. The summed E-state index contributed by atoms with van der Waals surface area (Å²) in [7, 11) is 0. The smallest absolute Gasteiger partial charge is 0.308 e. The zero-order valence-corrected chi connectivity index (χ0v) is 14.3. The molecule has 0 aliphatic carbocycles. The second kappa shape index (κ2) is 6.79. The Labute approximate surface area is 144 Å². The molecule has 1 aliphatic rings. The highest BCUT2D eigenvalue weighted by atomic mass is 127. The molecule has 3 nitrogen and oxygen atoms in total. The van der Waals surface area contributed by atoms with Gasteiger partial charge in [-0.1, -0.05) is 48.5 Å². The van der Waals surface area contributed by atoms with Crippen LogP contribution in [0.3, 0.4) is 0 Å².